The normalized spacial score (nSPS) is 11.5. The van der Waals surface area contributed by atoms with E-state index in [0.717, 1.165) is 28.3 Å². The Balaban J connectivity index is 1.14. The van der Waals surface area contributed by atoms with Gasteiger partial charge in [0.1, 0.15) is 0 Å². The predicted octanol–water partition coefficient (Wildman–Crippen LogP) is 15.6. The van der Waals surface area contributed by atoms with Crippen molar-refractivity contribution in [3.8, 4) is 39.1 Å². The van der Waals surface area contributed by atoms with Gasteiger partial charge in [-0.15, -0.1) is 11.3 Å². The number of aromatic nitrogens is 1. The second-order valence-electron chi connectivity index (χ2n) is 14.5. The largest absolute Gasteiger partial charge is 0.310 e. The molecule has 0 amide bonds. The van der Waals surface area contributed by atoms with Gasteiger partial charge >= 0.3 is 0 Å². The molecule has 268 valence electrons. The molecule has 0 unspecified atom stereocenters. The van der Waals surface area contributed by atoms with Crippen molar-refractivity contribution in [2.45, 2.75) is 0 Å². The van der Waals surface area contributed by atoms with Gasteiger partial charge in [-0.1, -0.05) is 158 Å². The average molecular weight is 745 g/mol. The van der Waals surface area contributed by atoms with Crippen LogP contribution in [0.2, 0.25) is 0 Å². The van der Waals surface area contributed by atoms with Gasteiger partial charge < -0.3 is 9.47 Å². The Morgan fingerprint density at radius 2 is 0.947 bits per heavy atom. The number of para-hydroxylation sites is 1. The third-order valence-corrected chi connectivity index (χ3v) is 12.4. The zero-order chi connectivity index (χ0) is 37.7. The van der Waals surface area contributed by atoms with Crippen molar-refractivity contribution >= 4 is 70.4 Å². The monoisotopic (exact) mass is 744 g/mol. The number of thiophene rings is 1. The molecule has 0 radical (unpaired) electrons. The van der Waals surface area contributed by atoms with E-state index in [1.807, 2.05) is 11.3 Å². The van der Waals surface area contributed by atoms with Crippen LogP contribution in [0.1, 0.15) is 0 Å². The van der Waals surface area contributed by atoms with Crippen molar-refractivity contribution in [3.05, 3.63) is 218 Å². The summed E-state index contributed by atoms with van der Waals surface area (Å²) in [6.07, 6.45) is 0. The minimum absolute atomic E-state index is 1.09. The van der Waals surface area contributed by atoms with Crippen LogP contribution in [0, 0.1) is 0 Å². The summed E-state index contributed by atoms with van der Waals surface area (Å²) >= 11 is 1.88. The van der Waals surface area contributed by atoms with Gasteiger partial charge in [-0.3, -0.25) is 0 Å². The fourth-order valence-electron chi connectivity index (χ4n) is 8.58. The van der Waals surface area contributed by atoms with Gasteiger partial charge in [-0.2, -0.15) is 0 Å². The Labute approximate surface area is 335 Å². The highest BCUT2D eigenvalue weighted by atomic mass is 32.1. The van der Waals surface area contributed by atoms with Crippen LogP contribution in [-0.4, -0.2) is 4.57 Å². The van der Waals surface area contributed by atoms with Gasteiger partial charge in [0.25, 0.3) is 0 Å². The Morgan fingerprint density at radius 3 is 1.75 bits per heavy atom. The molecule has 57 heavy (non-hydrogen) atoms. The van der Waals surface area contributed by atoms with Crippen molar-refractivity contribution in [3.63, 3.8) is 0 Å². The van der Waals surface area contributed by atoms with Crippen LogP contribution < -0.4 is 4.90 Å². The number of benzene rings is 9. The van der Waals surface area contributed by atoms with E-state index in [0.29, 0.717) is 0 Å². The summed E-state index contributed by atoms with van der Waals surface area (Å²) in [6, 6.07) is 79.3. The molecule has 0 aliphatic rings. The van der Waals surface area contributed by atoms with Gasteiger partial charge in [-0.05, 0) is 94.0 Å². The van der Waals surface area contributed by atoms with E-state index in [2.05, 4.69) is 228 Å². The van der Waals surface area contributed by atoms with Crippen molar-refractivity contribution in [1.82, 2.24) is 4.57 Å². The summed E-state index contributed by atoms with van der Waals surface area (Å²) in [7, 11) is 0. The van der Waals surface area contributed by atoms with Gasteiger partial charge in [-0.25, -0.2) is 0 Å². The highest BCUT2D eigenvalue weighted by molar-refractivity contribution is 7.26. The number of anilines is 3. The van der Waals surface area contributed by atoms with Crippen LogP contribution in [0.25, 0.3) is 81.0 Å². The van der Waals surface area contributed by atoms with E-state index in [9.17, 15) is 0 Å². The van der Waals surface area contributed by atoms with Crippen LogP contribution in [0.15, 0.2) is 218 Å². The zero-order valence-electron chi connectivity index (χ0n) is 31.1. The third kappa shape index (κ3) is 5.71. The molecule has 9 aromatic carbocycles. The first-order valence-electron chi connectivity index (χ1n) is 19.4. The molecule has 0 aliphatic carbocycles. The molecule has 0 N–H and O–H groups in total. The predicted molar refractivity (Wildman–Crippen MR) is 245 cm³/mol. The topological polar surface area (TPSA) is 8.17 Å². The molecule has 2 heterocycles. The maximum atomic E-state index is 2.43. The number of hydrogen-bond donors (Lipinski definition) is 0. The zero-order valence-corrected chi connectivity index (χ0v) is 31.9. The lowest BCUT2D eigenvalue weighted by molar-refractivity contribution is 1.18. The molecule has 0 spiro atoms. The molecule has 2 nitrogen and oxygen atoms in total. The lowest BCUT2D eigenvalue weighted by atomic mass is 9.99. The number of hydrogen-bond acceptors (Lipinski definition) is 2. The average Bonchev–Trinajstić information content (AvgIpc) is 3.84. The van der Waals surface area contributed by atoms with E-state index in [4.69, 9.17) is 0 Å². The SMILES string of the molecule is c1ccc(-c2ccc(N(c3cccc(-c4cccc5c4sc4ccccc45)c3)c3ccc4c5c(-c6ccccc6)cccc5n(-c5ccccc5)c4c3)cc2)cc1. The van der Waals surface area contributed by atoms with Gasteiger partial charge in [0.05, 0.1) is 11.0 Å². The second kappa shape index (κ2) is 13.8. The number of fused-ring (bicyclic) bond motifs is 6. The maximum Gasteiger partial charge on any atom is 0.0562 e. The molecule has 0 atom stereocenters. The molecule has 0 aliphatic heterocycles. The first kappa shape index (κ1) is 33.2. The van der Waals surface area contributed by atoms with Gasteiger partial charge in [0, 0.05) is 53.7 Å². The van der Waals surface area contributed by atoms with E-state index < -0.39 is 0 Å². The Hall–Kier alpha value is -7.20. The summed E-state index contributed by atoms with van der Waals surface area (Å²) in [6.45, 7) is 0. The van der Waals surface area contributed by atoms with Crippen LogP contribution in [0.4, 0.5) is 17.1 Å². The molecule has 11 rings (SSSR count). The fourth-order valence-corrected chi connectivity index (χ4v) is 9.81. The smallest absolute Gasteiger partial charge is 0.0562 e. The first-order valence-corrected chi connectivity index (χ1v) is 20.2. The summed E-state index contributed by atoms with van der Waals surface area (Å²) in [5.74, 6) is 0. The maximum absolute atomic E-state index is 2.43. The quantitative estimate of drug-likeness (QED) is 0.158. The number of rotatable bonds is 7. The van der Waals surface area contributed by atoms with E-state index in [-0.39, 0.29) is 0 Å². The van der Waals surface area contributed by atoms with Crippen LogP contribution >= 0.6 is 11.3 Å². The molecular formula is C54H36N2S. The van der Waals surface area contributed by atoms with E-state index >= 15 is 0 Å². The van der Waals surface area contributed by atoms with Crippen LogP contribution in [0.3, 0.4) is 0 Å². The fraction of sp³-hybridized carbons (Fsp3) is 0. The summed E-state index contributed by atoms with van der Waals surface area (Å²) in [4.78, 5) is 2.41. The van der Waals surface area contributed by atoms with Crippen LogP contribution in [0.5, 0.6) is 0 Å². The molecule has 0 saturated heterocycles. The summed E-state index contributed by atoms with van der Waals surface area (Å²) in [5.41, 5.74) is 14.1. The Bertz CT molecular complexity index is 3220. The molecular weight excluding hydrogens is 709 g/mol. The lowest BCUT2D eigenvalue weighted by Gasteiger charge is -2.26. The standard InChI is InChI=1S/C54H36N2S/c1-4-15-37(16-5-1)38-29-31-42(32-30-38)55(43-22-12-19-40(35-43)46-25-13-26-48-47-23-10-11-28-52(47)57-54(46)48)44-33-34-49-51(36-44)56(41-20-8-3-9-21-41)50-27-14-24-45(53(49)50)39-17-6-2-7-18-39/h1-36H. The first-order chi connectivity index (χ1) is 28.3. The van der Waals surface area contributed by atoms with Gasteiger partial charge in [0.15, 0.2) is 0 Å². The summed E-state index contributed by atoms with van der Waals surface area (Å²) < 4.78 is 5.06. The van der Waals surface area contributed by atoms with Crippen molar-refractivity contribution in [1.29, 1.82) is 0 Å². The van der Waals surface area contributed by atoms with Crippen molar-refractivity contribution in [2.24, 2.45) is 0 Å². The Morgan fingerprint density at radius 1 is 0.351 bits per heavy atom. The third-order valence-electron chi connectivity index (χ3n) is 11.2. The minimum Gasteiger partial charge on any atom is -0.310 e. The van der Waals surface area contributed by atoms with E-state index in [1.54, 1.807) is 0 Å². The van der Waals surface area contributed by atoms with Gasteiger partial charge in [0.2, 0.25) is 0 Å². The Kier molecular flexibility index (Phi) is 8.04. The molecule has 0 fully saturated rings. The second-order valence-corrected chi connectivity index (χ2v) is 15.6. The van der Waals surface area contributed by atoms with Crippen molar-refractivity contribution in [2.75, 3.05) is 4.90 Å². The lowest BCUT2D eigenvalue weighted by Crippen LogP contribution is -2.10. The highest BCUT2D eigenvalue weighted by Gasteiger charge is 2.20. The van der Waals surface area contributed by atoms with E-state index in [1.165, 1.54) is 69.8 Å². The molecule has 2 aromatic heterocycles. The van der Waals surface area contributed by atoms with Crippen molar-refractivity contribution < 1.29 is 0 Å². The number of nitrogens with zero attached hydrogens (tertiary/aromatic N) is 2. The van der Waals surface area contributed by atoms with Crippen LogP contribution in [-0.2, 0) is 0 Å². The minimum atomic E-state index is 1.09. The molecule has 3 heteroatoms. The molecule has 11 aromatic rings. The molecule has 0 saturated carbocycles. The molecule has 0 bridgehead atoms. The summed E-state index contributed by atoms with van der Waals surface area (Å²) in [5, 5.41) is 5.10. The highest BCUT2D eigenvalue weighted by Crippen LogP contribution is 2.45.